The Bertz CT molecular complexity index is 576. The van der Waals surface area contributed by atoms with Crippen LogP contribution in [0.3, 0.4) is 0 Å². The fourth-order valence-corrected chi connectivity index (χ4v) is 2.59. The summed E-state index contributed by atoms with van der Waals surface area (Å²) < 4.78 is 26.0. The number of ether oxygens (including phenoxy) is 5. The van der Waals surface area contributed by atoms with Crippen molar-refractivity contribution >= 4 is 29.8 Å². The Labute approximate surface area is 160 Å². The molecule has 0 spiro atoms. The molecular formula is C16H23NO11. The average Bonchev–Trinajstić information content (AvgIpc) is 2.54. The van der Waals surface area contributed by atoms with Gasteiger partial charge in [-0.05, 0) is 0 Å². The summed E-state index contributed by atoms with van der Waals surface area (Å²) in [4.78, 5) is 56.7. The van der Waals surface area contributed by atoms with Gasteiger partial charge in [0.15, 0.2) is 18.5 Å². The van der Waals surface area contributed by atoms with E-state index < -0.39 is 73.6 Å². The average molecular weight is 405 g/mol. The summed E-state index contributed by atoms with van der Waals surface area (Å²) in [5.41, 5.74) is 0. The lowest BCUT2D eigenvalue weighted by Gasteiger charge is -2.44. The van der Waals surface area contributed by atoms with E-state index in [1.54, 1.807) is 0 Å². The Balaban J connectivity index is 3.26. The summed E-state index contributed by atoms with van der Waals surface area (Å²) in [5, 5.41) is 11.3. The third-order valence-corrected chi connectivity index (χ3v) is 3.44. The third kappa shape index (κ3) is 7.48. The molecule has 1 fully saturated rings. The molecule has 28 heavy (non-hydrogen) atoms. The summed E-state index contributed by atoms with van der Waals surface area (Å²) in [6.45, 7) is 3.33. The van der Waals surface area contributed by atoms with E-state index in [2.05, 4.69) is 5.32 Å². The lowest BCUT2D eigenvalue weighted by molar-refractivity contribution is -0.277. The van der Waals surface area contributed by atoms with Gasteiger partial charge in [0.05, 0.1) is 0 Å². The molecule has 12 nitrogen and oxygen atoms in total. The van der Waals surface area contributed by atoms with E-state index in [1.165, 1.54) is 6.92 Å². The summed E-state index contributed by atoms with van der Waals surface area (Å²) in [5.74, 6) is -4.03. The zero-order valence-corrected chi connectivity index (χ0v) is 15.8. The number of rotatable bonds is 8. The van der Waals surface area contributed by atoms with Gasteiger partial charge in [-0.2, -0.15) is 0 Å². The van der Waals surface area contributed by atoms with E-state index in [1.807, 2.05) is 0 Å². The number of amides is 1. The van der Waals surface area contributed by atoms with Crippen molar-refractivity contribution in [3.63, 3.8) is 0 Å². The van der Waals surface area contributed by atoms with Crippen molar-refractivity contribution in [1.82, 2.24) is 5.32 Å². The van der Waals surface area contributed by atoms with E-state index in [-0.39, 0.29) is 0 Å². The number of carboxylic acids is 1. The van der Waals surface area contributed by atoms with Gasteiger partial charge >= 0.3 is 23.9 Å². The highest BCUT2D eigenvalue weighted by Crippen LogP contribution is 2.27. The number of hydrogen-bond acceptors (Lipinski definition) is 10. The molecule has 1 saturated heterocycles. The first-order valence-corrected chi connectivity index (χ1v) is 8.25. The lowest BCUT2D eigenvalue weighted by atomic mass is 9.96. The Morgan fingerprint density at radius 1 is 0.929 bits per heavy atom. The van der Waals surface area contributed by atoms with Crippen LogP contribution in [-0.2, 0) is 47.7 Å². The second-order valence-corrected chi connectivity index (χ2v) is 5.92. The number of nitrogens with one attached hydrogen (secondary N) is 1. The SMILES string of the molecule is CC(=O)NC1C(OCC(=O)O)OC(COC(C)=O)C(OC(C)=O)C1OC(C)=O. The van der Waals surface area contributed by atoms with Gasteiger partial charge in [-0.15, -0.1) is 0 Å². The van der Waals surface area contributed by atoms with Crippen LogP contribution in [0.15, 0.2) is 0 Å². The minimum absolute atomic E-state index is 0.398. The van der Waals surface area contributed by atoms with Crippen LogP contribution in [0.5, 0.6) is 0 Å². The van der Waals surface area contributed by atoms with Crippen LogP contribution in [0.25, 0.3) is 0 Å². The van der Waals surface area contributed by atoms with E-state index in [0.29, 0.717) is 0 Å². The van der Waals surface area contributed by atoms with Crippen molar-refractivity contribution in [2.75, 3.05) is 13.2 Å². The smallest absolute Gasteiger partial charge is 0.329 e. The molecule has 1 aliphatic heterocycles. The predicted octanol–water partition coefficient (Wildman–Crippen LogP) is -1.26. The third-order valence-electron chi connectivity index (χ3n) is 3.44. The maximum absolute atomic E-state index is 11.6. The van der Waals surface area contributed by atoms with Crippen molar-refractivity contribution in [2.24, 2.45) is 0 Å². The maximum Gasteiger partial charge on any atom is 0.329 e. The fraction of sp³-hybridized carbons (Fsp3) is 0.688. The molecule has 0 aromatic carbocycles. The lowest BCUT2D eigenvalue weighted by Crippen LogP contribution is -2.66. The van der Waals surface area contributed by atoms with Gasteiger partial charge in [0.2, 0.25) is 5.91 Å². The first-order chi connectivity index (χ1) is 13.0. The minimum Gasteiger partial charge on any atom is -0.480 e. The molecule has 0 saturated carbocycles. The van der Waals surface area contributed by atoms with Gasteiger partial charge in [0.1, 0.15) is 25.4 Å². The van der Waals surface area contributed by atoms with E-state index in [9.17, 15) is 24.0 Å². The van der Waals surface area contributed by atoms with Gasteiger partial charge in [-0.1, -0.05) is 0 Å². The first-order valence-electron chi connectivity index (χ1n) is 8.25. The predicted molar refractivity (Wildman–Crippen MR) is 87.6 cm³/mol. The number of carboxylic acid groups (broad SMARTS) is 1. The number of hydrogen-bond donors (Lipinski definition) is 2. The molecule has 1 rings (SSSR count). The van der Waals surface area contributed by atoms with E-state index in [4.69, 9.17) is 28.8 Å². The molecule has 0 bridgehead atoms. The molecule has 5 unspecified atom stereocenters. The molecule has 12 heteroatoms. The Morgan fingerprint density at radius 2 is 1.50 bits per heavy atom. The highest BCUT2D eigenvalue weighted by atomic mass is 16.7. The number of carbonyl (C=O) groups excluding carboxylic acids is 4. The second kappa shape index (κ2) is 10.6. The van der Waals surface area contributed by atoms with Crippen LogP contribution in [0.2, 0.25) is 0 Å². The monoisotopic (exact) mass is 405 g/mol. The molecule has 5 atom stereocenters. The fourth-order valence-electron chi connectivity index (χ4n) is 2.59. The van der Waals surface area contributed by atoms with Crippen LogP contribution >= 0.6 is 0 Å². The van der Waals surface area contributed by atoms with Crippen molar-refractivity contribution in [3.8, 4) is 0 Å². The summed E-state index contributed by atoms with van der Waals surface area (Å²) in [6, 6.07) is -1.20. The van der Waals surface area contributed by atoms with Crippen LogP contribution in [0.4, 0.5) is 0 Å². The van der Waals surface area contributed by atoms with Gasteiger partial charge in [0.25, 0.3) is 0 Å². The molecule has 158 valence electrons. The van der Waals surface area contributed by atoms with E-state index in [0.717, 1.165) is 20.8 Å². The topological polar surface area (TPSA) is 164 Å². The van der Waals surface area contributed by atoms with Crippen molar-refractivity contribution in [2.45, 2.75) is 58.3 Å². The highest BCUT2D eigenvalue weighted by Gasteiger charge is 2.51. The Kier molecular flexibility index (Phi) is 8.79. The summed E-state index contributed by atoms with van der Waals surface area (Å²) in [6.07, 6.45) is -5.10. The quantitative estimate of drug-likeness (QED) is 0.366. The van der Waals surface area contributed by atoms with Crippen LogP contribution < -0.4 is 5.32 Å². The van der Waals surface area contributed by atoms with Crippen molar-refractivity contribution in [1.29, 1.82) is 0 Å². The standard InChI is InChI=1S/C16H23NO11/c1-7(18)17-13-15(27-10(4)21)14(26-9(3)20)11(5-24-8(2)19)28-16(13)25-6-12(22)23/h11,13-16H,5-6H2,1-4H3,(H,17,18)(H,22,23). The van der Waals surface area contributed by atoms with Crippen molar-refractivity contribution in [3.05, 3.63) is 0 Å². The molecule has 1 heterocycles. The van der Waals surface area contributed by atoms with Crippen LogP contribution in [0, 0.1) is 0 Å². The normalized spacial score (nSPS) is 26.6. The summed E-state index contributed by atoms with van der Waals surface area (Å²) >= 11 is 0. The Hall–Kier alpha value is -2.73. The molecular weight excluding hydrogens is 382 g/mol. The van der Waals surface area contributed by atoms with Gasteiger partial charge in [-0.25, -0.2) is 4.79 Å². The highest BCUT2D eigenvalue weighted by molar-refractivity contribution is 5.74. The van der Waals surface area contributed by atoms with Gasteiger partial charge in [-0.3, -0.25) is 19.2 Å². The van der Waals surface area contributed by atoms with E-state index >= 15 is 0 Å². The van der Waals surface area contributed by atoms with Gasteiger partial charge < -0.3 is 34.1 Å². The molecule has 0 aliphatic carbocycles. The molecule has 0 aromatic rings. The number of esters is 3. The van der Waals surface area contributed by atoms with Gasteiger partial charge in [0, 0.05) is 27.7 Å². The molecule has 2 N–H and O–H groups in total. The number of carbonyl (C=O) groups is 5. The minimum atomic E-state index is -1.39. The summed E-state index contributed by atoms with van der Waals surface area (Å²) in [7, 11) is 0. The second-order valence-electron chi connectivity index (χ2n) is 5.92. The Morgan fingerprint density at radius 3 is 1.96 bits per heavy atom. The molecule has 1 amide bonds. The first kappa shape index (κ1) is 23.3. The van der Waals surface area contributed by atoms with Crippen LogP contribution in [0.1, 0.15) is 27.7 Å². The van der Waals surface area contributed by atoms with Crippen LogP contribution in [-0.4, -0.2) is 78.7 Å². The molecule has 0 aromatic heterocycles. The zero-order valence-electron chi connectivity index (χ0n) is 15.8. The molecule has 1 aliphatic rings. The maximum atomic E-state index is 11.6. The molecule has 0 radical (unpaired) electrons. The largest absolute Gasteiger partial charge is 0.480 e. The van der Waals surface area contributed by atoms with Crippen molar-refractivity contribution < 1.29 is 52.8 Å². The number of aliphatic carboxylic acids is 1. The zero-order chi connectivity index (χ0) is 21.4.